The lowest BCUT2D eigenvalue weighted by Crippen LogP contribution is -2.15. The number of halogens is 1. The molecule has 0 saturated heterocycles. The third-order valence-electron chi connectivity index (χ3n) is 3.23. The lowest BCUT2D eigenvalue weighted by molar-refractivity contribution is 0.0690. The maximum absolute atomic E-state index is 13.9. The van der Waals surface area contributed by atoms with Crippen LogP contribution in [-0.2, 0) is 0 Å². The molecule has 0 radical (unpaired) electrons. The molecule has 1 atom stereocenters. The summed E-state index contributed by atoms with van der Waals surface area (Å²) >= 11 is 0. The molecule has 1 aliphatic rings. The fraction of sp³-hybridized carbons (Fsp3) is 0.286. The monoisotopic (exact) mass is 292 g/mol. The van der Waals surface area contributed by atoms with Crippen LogP contribution in [0.3, 0.4) is 0 Å². The number of aromatic nitrogens is 2. The van der Waals surface area contributed by atoms with E-state index in [1.165, 1.54) is 13.0 Å². The SMILES string of the molecule is CC(F)c1cc2c(cc1-c1cc(C(=O)O)[nH]n1)OCCO2. The van der Waals surface area contributed by atoms with E-state index < -0.39 is 12.1 Å². The lowest BCUT2D eigenvalue weighted by atomic mass is 10.00. The predicted molar refractivity (Wildman–Crippen MR) is 71.5 cm³/mol. The first-order chi connectivity index (χ1) is 10.1. The number of aromatic amines is 1. The van der Waals surface area contributed by atoms with Crippen LogP contribution >= 0.6 is 0 Å². The summed E-state index contributed by atoms with van der Waals surface area (Å²) in [5, 5.41) is 15.3. The van der Waals surface area contributed by atoms with Crippen molar-refractivity contribution in [1.29, 1.82) is 0 Å². The molecule has 0 bridgehead atoms. The summed E-state index contributed by atoms with van der Waals surface area (Å²) in [7, 11) is 0. The summed E-state index contributed by atoms with van der Waals surface area (Å²) in [6.07, 6.45) is -1.25. The number of alkyl halides is 1. The minimum absolute atomic E-state index is 0.0580. The van der Waals surface area contributed by atoms with Gasteiger partial charge in [-0.05, 0) is 30.7 Å². The maximum atomic E-state index is 13.9. The average molecular weight is 292 g/mol. The van der Waals surface area contributed by atoms with E-state index in [1.54, 1.807) is 12.1 Å². The molecule has 7 heteroatoms. The highest BCUT2D eigenvalue weighted by Gasteiger charge is 2.21. The Morgan fingerprint density at radius 3 is 2.57 bits per heavy atom. The van der Waals surface area contributed by atoms with Crippen LogP contribution < -0.4 is 9.47 Å². The van der Waals surface area contributed by atoms with Crippen LogP contribution in [0.2, 0.25) is 0 Å². The Morgan fingerprint density at radius 2 is 2.00 bits per heavy atom. The molecule has 0 fully saturated rings. The van der Waals surface area contributed by atoms with Gasteiger partial charge in [-0.25, -0.2) is 9.18 Å². The maximum Gasteiger partial charge on any atom is 0.353 e. The number of carboxylic acids is 1. The number of hydrogen-bond acceptors (Lipinski definition) is 4. The number of nitrogens with one attached hydrogen (secondary N) is 1. The van der Waals surface area contributed by atoms with Gasteiger partial charge in [0.15, 0.2) is 11.5 Å². The molecule has 110 valence electrons. The van der Waals surface area contributed by atoms with Crippen LogP contribution in [0.1, 0.15) is 29.1 Å². The molecule has 3 rings (SSSR count). The second-order valence-electron chi connectivity index (χ2n) is 4.67. The minimum atomic E-state index is -1.25. The van der Waals surface area contributed by atoms with E-state index in [0.717, 1.165) is 0 Å². The van der Waals surface area contributed by atoms with Crippen molar-refractivity contribution in [2.75, 3.05) is 13.2 Å². The first kappa shape index (κ1) is 13.4. The number of ether oxygens (including phenoxy) is 2. The van der Waals surface area contributed by atoms with E-state index in [0.29, 0.717) is 41.5 Å². The van der Waals surface area contributed by atoms with Crippen molar-refractivity contribution in [2.45, 2.75) is 13.1 Å². The van der Waals surface area contributed by atoms with Gasteiger partial charge in [0.2, 0.25) is 0 Å². The largest absolute Gasteiger partial charge is 0.486 e. The zero-order valence-corrected chi connectivity index (χ0v) is 11.2. The molecule has 1 aromatic heterocycles. The van der Waals surface area contributed by atoms with E-state index in [1.807, 2.05) is 0 Å². The molecule has 2 aromatic rings. The van der Waals surface area contributed by atoms with E-state index in [9.17, 15) is 9.18 Å². The summed E-state index contributed by atoms with van der Waals surface area (Å²) in [6.45, 7) is 2.23. The van der Waals surface area contributed by atoms with Crippen LogP contribution in [0.4, 0.5) is 4.39 Å². The predicted octanol–water partition coefficient (Wildman–Crippen LogP) is 2.58. The second-order valence-corrected chi connectivity index (χ2v) is 4.67. The summed E-state index contributed by atoms with van der Waals surface area (Å²) in [5.74, 6) is -0.139. The number of hydrogen-bond donors (Lipinski definition) is 2. The zero-order chi connectivity index (χ0) is 15.0. The summed E-state index contributed by atoms with van der Waals surface area (Å²) in [5.41, 5.74) is 1.15. The molecule has 1 aliphatic heterocycles. The number of carbonyl (C=O) groups is 1. The van der Waals surface area contributed by atoms with Gasteiger partial charge in [0.25, 0.3) is 0 Å². The zero-order valence-electron chi connectivity index (χ0n) is 11.2. The topological polar surface area (TPSA) is 84.4 Å². The van der Waals surface area contributed by atoms with Gasteiger partial charge < -0.3 is 14.6 Å². The van der Waals surface area contributed by atoms with Crippen molar-refractivity contribution >= 4 is 5.97 Å². The molecule has 21 heavy (non-hydrogen) atoms. The third-order valence-corrected chi connectivity index (χ3v) is 3.23. The molecule has 2 heterocycles. The van der Waals surface area contributed by atoms with Crippen LogP contribution in [0.25, 0.3) is 11.3 Å². The standard InChI is InChI=1S/C14H13FN2O4/c1-7(15)8-4-12-13(21-3-2-20-12)5-9(8)10-6-11(14(18)19)17-16-10/h4-7H,2-3H2,1H3,(H,16,17)(H,18,19). The summed E-state index contributed by atoms with van der Waals surface area (Å²) in [4.78, 5) is 10.9. The average Bonchev–Trinajstić information content (AvgIpc) is 2.95. The van der Waals surface area contributed by atoms with Gasteiger partial charge in [-0.15, -0.1) is 0 Å². The van der Waals surface area contributed by atoms with Crippen LogP contribution in [0.5, 0.6) is 11.5 Å². The molecule has 0 saturated carbocycles. The second kappa shape index (κ2) is 5.08. The smallest absolute Gasteiger partial charge is 0.353 e. The quantitative estimate of drug-likeness (QED) is 0.908. The van der Waals surface area contributed by atoms with Gasteiger partial charge in [0, 0.05) is 5.56 Å². The number of aromatic carboxylic acids is 1. The van der Waals surface area contributed by atoms with E-state index >= 15 is 0 Å². The number of rotatable bonds is 3. The van der Waals surface area contributed by atoms with Gasteiger partial charge in [0.1, 0.15) is 25.1 Å². The molecular weight excluding hydrogens is 279 g/mol. The molecule has 1 unspecified atom stereocenters. The molecule has 0 spiro atoms. The highest BCUT2D eigenvalue weighted by Crippen LogP contribution is 2.40. The van der Waals surface area contributed by atoms with Crippen LogP contribution in [-0.4, -0.2) is 34.5 Å². The van der Waals surface area contributed by atoms with Crippen molar-refractivity contribution in [3.05, 3.63) is 29.5 Å². The molecule has 0 aliphatic carbocycles. The molecule has 2 N–H and O–H groups in total. The number of H-pyrrole nitrogens is 1. The summed E-state index contributed by atoms with van der Waals surface area (Å²) in [6, 6.07) is 4.56. The van der Waals surface area contributed by atoms with Crippen molar-refractivity contribution in [3.8, 4) is 22.8 Å². The molecule has 6 nitrogen and oxygen atoms in total. The minimum Gasteiger partial charge on any atom is -0.486 e. The molecular formula is C14H13FN2O4. The Labute approximate surface area is 119 Å². The van der Waals surface area contributed by atoms with Crippen molar-refractivity contribution in [3.63, 3.8) is 0 Å². The van der Waals surface area contributed by atoms with E-state index in [2.05, 4.69) is 10.2 Å². The van der Waals surface area contributed by atoms with Gasteiger partial charge >= 0.3 is 5.97 Å². The van der Waals surface area contributed by atoms with Crippen molar-refractivity contribution in [1.82, 2.24) is 10.2 Å². The van der Waals surface area contributed by atoms with Gasteiger partial charge in [-0.1, -0.05) is 0 Å². The van der Waals surface area contributed by atoms with Crippen molar-refractivity contribution in [2.24, 2.45) is 0 Å². The third kappa shape index (κ3) is 2.42. The van der Waals surface area contributed by atoms with Gasteiger partial charge in [0.05, 0.1) is 5.69 Å². The number of fused-ring (bicyclic) bond motifs is 1. The van der Waals surface area contributed by atoms with Crippen LogP contribution in [0, 0.1) is 0 Å². The van der Waals surface area contributed by atoms with Crippen LogP contribution in [0.15, 0.2) is 18.2 Å². The summed E-state index contributed by atoms with van der Waals surface area (Å²) < 4.78 is 24.8. The number of carboxylic acid groups (broad SMARTS) is 1. The Morgan fingerprint density at radius 1 is 1.33 bits per heavy atom. The van der Waals surface area contributed by atoms with Gasteiger partial charge in [-0.3, -0.25) is 5.10 Å². The number of nitrogens with zero attached hydrogens (tertiary/aromatic N) is 1. The van der Waals surface area contributed by atoms with Gasteiger partial charge in [-0.2, -0.15) is 5.10 Å². The first-order valence-electron chi connectivity index (χ1n) is 6.43. The Bertz CT molecular complexity index is 696. The Kier molecular flexibility index (Phi) is 3.25. The van der Waals surface area contributed by atoms with E-state index in [4.69, 9.17) is 14.6 Å². The highest BCUT2D eigenvalue weighted by atomic mass is 19.1. The normalized spacial score (nSPS) is 14.8. The van der Waals surface area contributed by atoms with Crippen molar-refractivity contribution < 1.29 is 23.8 Å². The van der Waals surface area contributed by atoms with E-state index in [-0.39, 0.29) is 5.69 Å². The Balaban J connectivity index is 2.12. The fourth-order valence-corrected chi connectivity index (χ4v) is 2.22. The first-order valence-corrected chi connectivity index (χ1v) is 6.43. The molecule has 0 amide bonds. The fourth-order valence-electron chi connectivity index (χ4n) is 2.22. The highest BCUT2D eigenvalue weighted by molar-refractivity contribution is 5.87. The lowest BCUT2D eigenvalue weighted by Gasteiger charge is -2.21. The molecule has 1 aromatic carbocycles. The Hall–Kier alpha value is -2.57. The number of benzene rings is 1.